The van der Waals surface area contributed by atoms with Gasteiger partial charge in [0.2, 0.25) is 5.95 Å². The summed E-state index contributed by atoms with van der Waals surface area (Å²) in [5.41, 5.74) is 2.12. The molecule has 1 aromatic carbocycles. The lowest BCUT2D eigenvalue weighted by Gasteiger charge is -2.14. The number of carbonyl (C=O) groups is 1. The van der Waals surface area contributed by atoms with Gasteiger partial charge in [0.1, 0.15) is 5.69 Å². The van der Waals surface area contributed by atoms with Gasteiger partial charge in [-0.1, -0.05) is 18.2 Å². The highest BCUT2D eigenvalue weighted by Gasteiger charge is 2.17. The van der Waals surface area contributed by atoms with E-state index in [1.807, 2.05) is 28.8 Å². The molecule has 0 spiro atoms. The first-order valence-corrected chi connectivity index (χ1v) is 6.97. The van der Waals surface area contributed by atoms with Crippen LogP contribution in [0.25, 0.3) is 0 Å². The van der Waals surface area contributed by atoms with Gasteiger partial charge in [-0.15, -0.1) is 0 Å². The average Bonchev–Trinajstić information content (AvgIpc) is 2.93. The molecule has 3 rings (SSSR count). The number of rotatable bonds is 4. The van der Waals surface area contributed by atoms with E-state index in [0.29, 0.717) is 12.3 Å². The summed E-state index contributed by atoms with van der Waals surface area (Å²) in [6, 6.07) is 7.59. The number of hydrogen-bond donors (Lipinski definition) is 2. The molecule has 0 aliphatic carbocycles. The molecule has 2 heterocycles. The summed E-state index contributed by atoms with van der Waals surface area (Å²) < 4.78 is 7.11. The van der Waals surface area contributed by atoms with Crippen LogP contribution in [0, 0.1) is 0 Å². The van der Waals surface area contributed by atoms with Crippen molar-refractivity contribution in [3.63, 3.8) is 0 Å². The Bertz CT molecular complexity index is 627. The van der Waals surface area contributed by atoms with Gasteiger partial charge in [0.15, 0.2) is 0 Å². The third kappa shape index (κ3) is 2.90. The van der Waals surface area contributed by atoms with Gasteiger partial charge < -0.3 is 19.9 Å². The van der Waals surface area contributed by atoms with Crippen molar-refractivity contribution in [2.45, 2.75) is 19.6 Å². The van der Waals surface area contributed by atoms with Gasteiger partial charge in [-0.2, -0.15) is 0 Å². The van der Waals surface area contributed by atoms with Gasteiger partial charge in [-0.25, -0.2) is 4.98 Å². The minimum Gasteiger partial charge on any atom is -0.380 e. The quantitative estimate of drug-likeness (QED) is 0.903. The van der Waals surface area contributed by atoms with Gasteiger partial charge in [-0.05, 0) is 12.5 Å². The molecule has 1 aliphatic rings. The Morgan fingerprint density at radius 1 is 1.48 bits per heavy atom. The molecule has 0 unspecified atom stereocenters. The van der Waals surface area contributed by atoms with E-state index in [1.165, 1.54) is 0 Å². The van der Waals surface area contributed by atoms with Crippen molar-refractivity contribution in [1.29, 1.82) is 0 Å². The van der Waals surface area contributed by atoms with Crippen LogP contribution >= 0.6 is 0 Å². The fourth-order valence-corrected chi connectivity index (χ4v) is 2.40. The van der Waals surface area contributed by atoms with Crippen molar-refractivity contribution in [2.75, 3.05) is 24.3 Å². The van der Waals surface area contributed by atoms with E-state index >= 15 is 0 Å². The number of nitrogens with one attached hydrogen (secondary N) is 2. The van der Waals surface area contributed by atoms with Crippen LogP contribution in [0.2, 0.25) is 0 Å². The second kappa shape index (κ2) is 5.97. The fraction of sp³-hybridized carbons (Fsp3) is 0.333. The lowest BCUT2D eigenvalue weighted by atomic mass is 10.2. The number of imidazole rings is 1. The van der Waals surface area contributed by atoms with Gasteiger partial charge in [0, 0.05) is 37.6 Å². The number of hydrogen-bond acceptors (Lipinski definition) is 4. The molecule has 0 saturated carbocycles. The minimum atomic E-state index is -0.206. The van der Waals surface area contributed by atoms with E-state index < -0.39 is 0 Å². The van der Waals surface area contributed by atoms with Crippen LogP contribution in [0.3, 0.4) is 0 Å². The Morgan fingerprint density at radius 3 is 3.14 bits per heavy atom. The molecule has 6 heteroatoms. The van der Waals surface area contributed by atoms with Crippen molar-refractivity contribution in [1.82, 2.24) is 9.55 Å². The van der Waals surface area contributed by atoms with E-state index in [4.69, 9.17) is 4.74 Å². The number of para-hydroxylation sites is 1. The number of methoxy groups -OCH3 is 1. The number of fused-ring (bicyclic) bond motifs is 1. The zero-order chi connectivity index (χ0) is 14.7. The number of aromatic nitrogens is 2. The summed E-state index contributed by atoms with van der Waals surface area (Å²) in [5, 5.41) is 6.08. The van der Waals surface area contributed by atoms with Crippen LogP contribution in [0.1, 0.15) is 22.5 Å². The third-order valence-electron chi connectivity index (χ3n) is 3.43. The van der Waals surface area contributed by atoms with Crippen molar-refractivity contribution < 1.29 is 9.53 Å². The maximum atomic E-state index is 12.3. The number of benzene rings is 1. The number of carbonyl (C=O) groups excluding carboxylic acids is 1. The Kier molecular flexibility index (Phi) is 3.87. The Hall–Kier alpha value is -2.34. The normalized spacial score (nSPS) is 13.4. The molecule has 0 fully saturated rings. The van der Waals surface area contributed by atoms with Crippen LogP contribution < -0.4 is 10.6 Å². The molecular formula is C15H18N4O2. The zero-order valence-corrected chi connectivity index (χ0v) is 11.9. The van der Waals surface area contributed by atoms with Crippen LogP contribution in [0.15, 0.2) is 30.5 Å². The monoisotopic (exact) mass is 286 g/mol. The van der Waals surface area contributed by atoms with Crippen molar-refractivity contribution in [3.05, 3.63) is 41.7 Å². The predicted molar refractivity (Wildman–Crippen MR) is 80.4 cm³/mol. The fourth-order valence-electron chi connectivity index (χ4n) is 2.40. The third-order valence-corrected chi connectivity index (χ3v) is 3.43. The number of anilines is 2. The molecule has 0 atom stereocenters. The van der Waals surface area contributed by atoms with Crippen LogP contribution in [0.5, 0.6) is 0 Å². The Morgan fingerprint density at radius 2 is 2.33 bits per heavy atom. The Balaban J connectivity index is 1.78. The van der Waals surface area contributed by atoms with E-state index in [0.717, 1.165) is 36.7 Å². The predicted octanol–water partition coefficient (Wildman–Crippen LogP) is 2.10. The molecule has 6 nitrogen and oxygen atoms in total. The molecule has 1 amide bonds. The SMILES string of the molecule is COCc1ccccc1NC(=O)c1cn2c(n1)NCCC2. The van der Waals surface area contributed by atoms with E-state index in [2.05, 4.69) is 15.6 Å². The molecule has 1 aromatic heterocycles. The first kappa shape index (κ1) is 13.6. The largest absolute Gasteiger partial charge is 0.380 e. The lowest BCUT2D eigenvalue weighted by molar-refractivity contribution is 0.102. The molecule has 21 heavy (non-hydrogen) atoms. The summed E-state index contributed by atoms with van der Waals surface area (Å²) >= 11 is 0. The lowest BCUT2D eigenvalue weighted by Crippen LogP contribution is -2.16. The molecule has 2 N–H and O–H groups in total. The summed E-state index contributed by atoms with van der Waals surface area (Å²) in [6.07, 6.45) is 2.83. The standard InChI is InChI=1S/C15H18N4O2/c1-21-10-11-5-2-3-6-12(11)17-14(20)13-9-19-8-4-7-16-15(19)18-13/h2-3,5-6,9H,4,7-8,10H2,1H3,(H,16,18)(H,17,20). The van der Waals surface area contributed by atoms with Crippen molar-refractivity contribution >= 4 is 17.5 Å². The second-order valence-corrected chi connectivity index (χ2v) is 4.97. The molecule has 0 radical (unpaired) electrons. The van der Waals surface area contributed by atoms with E-state index in [-0.39, 0.29) is 5.91 Å². The smallest absolute Gasteiger partial charge is 0.275 e. The highest BCUT2D eigenvalue weighted by molar-refractivity contribution is 6.03. The molecule has 1 aliphatic heterocycles. The van der Waals surface area contributed by atoms with Crippen LogP contribution in [-0.4, -0.2) is 29.1 Å². The number of ether oxygens (including phenoxy) is 1. The molecule has 110 valence electrons. The topological polar surface area (TPSA) is 68.2 Å². The first-order chi connectivity index (χ1) is 10.3. The minimum absolute atomic E-state index is 0.206. The number of aryl methyl sites for hydroxylation is 1. The first-order valence-electron chi connectivity index (χ1n) is 6.97. The molecule has 2 aromatic rings. The van der Waals surface area contributed by atoms with Crippen LogP contribution in [-0.2, 0) is 17.9 Å². The summed E-state index contributed by atoms with van der Waals surface area (Å²) in [4.78, 5) is 16.7. The second-order valence-electron chi connectivity index (χ2n) is 4.97. The molecule has 0 saturated heterocycles. The maximum absolute atomic E-state index is 12.3. The Labute approximate surface area is 123 Å². The van der Waals surface area contributed by atoms with Crippen molar-refractivity contribution in [3.8, 4) is 0 Å². The summed E-state index contributed by atoms with van der Waals surface area (Å²) in [7, 11) is 1.63. The number of nitrogens with zero attached hydrogens (tertiary/aromatic N) is 2. The van der Waals surface area contributed by atoms with E-state index in [1.54, 1.807) is 13.3 Å². The van der Waals surface area contributed by atoms with E-state index in [9.17, 15) is 4.79 Å². The highest BCUT2D eigenvalue weighted by Crippen LogP contribution is 2.18. The maximum Gasteiger partial charge on any atom is 0.275 e. The average molecular weight is 286 g/mol. The molecular weight excluding hydrogens is 268 g/mol. The summed E-state index contributed by atoms with van der Waals surface area (Å²) in [5.74, 6) is 0.554. The summed E-state index contributed by atoms with van der Waals surface area (Å²) in [6.45, 7) is 2.25. The highest BCUT2D eigenvalue weighted by atomic mass is 16.5. The van der Waals surface area contributed by atoms with Gasteiger partial charge in [-0.3, -0.25) is 4.79 Å². The van der Waals surface area contributed by atoms with Gasteiger partial charge >= 0.3 is 0 Å². The molecule has 0 bridgehead atoms. The van der Waals surface area contributed by atoms with Gasteiger partial charge in [0.05, 0.1) is 6.61 Å². The number of amides is 1. The van der Waals surface area contributed by atoms with Crippen molar-refractivity contribution in [2.24, 2.45) is 0 Å². The van der Waals surface area contributed by atoms with Crippen LogP contribution in [0.4, 0.5) is 11.6 Å². The van der Waals surface area contributed by atoms with Gasteiger partial charge in [0.25, 0.3) is 5.91 Å². The zero-order valence-electron chi connectivity index (χ0n) is 11.9.